The van der Waals surface area contributed by atoms with Crippen molar-refractivity contribution < 1.29 is 8.78 Å². The Hall–Kier alpha value is -0.960. The lowest BCUT2D eigenvalue weighted by atomic mass is 9.57. The van der Waals surface area contributed by atoms with Crippen molar-refractivity contribution in [1.29, 1.82) is 0 Å². The molecule has 0 unspecified atom stereocenters. The highest BCUT2D eigenvalue weighted by Crippen LogP contribution is 2.52. The SMILES string of the molecule is CC1(C)CC(C)(C)CC(N)(c2ccc(F)c(F)c2)C1. The Bertz CT molecular complexity index is 476. The maximum absolute atomic E-state index is 13.5. The Morgan fingerprint density at radius 2 is 1.42 bits per heavy atom. The molecule has 1 aromatic carbocycles. The molecule has 0 aromatic heterocycles. The van der Waals surface area contributed by atoms with Crippen LogP contribution in [0.15, 0.2) is 18.2 Å². The molecule has 0 atom stereocenters. The van der Waals surface area contributed by atoms with E-state index in [4.69, 9.17) is 5.73 Å². The van der Waals surface area contributed by atoms with Crippen molar-refractivity contribution in [2.24, 2.45) is 16.6 Å². The molecule has 0 amide bonds. The van der Waals surface area contributed by atoms with Crippen LogP contribution >= 0.6 is 0 Å². The van der Waals surface area contributed by atoms with Crippen LogP contribution in [0.25, 0.3) is 0 Å². The summed E-state index contributed by atoms with van der Waals surface area (Å²) < 4.78 is 26.5. The molecule has 0 spiro atoms. The second kappa shape index (κ2) is 4.27. The first-order valence-corrected chi connectivity index (χ1v) is 6.78. The maximum Gasteiger partial charge on any atom is 0.159 e. The monoisotopic (exact) mass is 267 g/mol. The molecule has 0 aliphatic heterocycles. The van der Waals surface area contributed by atoms with Gasteiger partial charge in [0.15, 0.2) is 11.6 Å². The summed E-state index contributed by atoms with van der Waals surface area (Å²) in [7, 11) is 0. The van der Waals surface area contributed by atoms with E-state index >= 15 is 0 Å². The van der Waals surface area contributed by atoms with Gasteiger partial charge >= 0.3 is 0 Å². The van der Waals surface area contributed by atoms with Gasteiger partial charge < -0.3 is 5.73 Å². The minimum atomic E-state index is -0.818. The number of halogens is 2. The summed E-state index contributed by atoms with van der Waals surface area (Å²) in [5.74, 6) is -1.63. The summed E-state index contributed by atoms with van der Waals surface area (Å²) >= 11 is 0. The van der Waals surface area contributed by atoms with Crippen molar-refractivity contribution in [1.82, 2.24) is 0 Å². The van der Waals surface area contributed by atoms with E-state index in [2.05, 4.69) is 27.7 Å². The molecule has 1 nitrogen and oxygen atoms in total. The zero-order chi connectivity index (χ0) is 14.5. The van der Waals surface area contributed by atoms with E-state index in [1.54, 1.807) is 6.07 Å². The van der Waals surface area contributed by atoms with E-state index in [0.717, 1.165) is 19.3 Å². The second-order valence-electron chi connectivity index (χ2n) is 7.64. The molecule has 19 heavy (non-hydrogen) atoms. The van der Waals surface area contributed by atoms with Crippen molar-refractivity contribution in [3.8, 4) is 0 Å². The quantitative estimate of drug-likeness (QED) is 0.804. The van der Waals surface area contributed by atoms with E-state index in [9.17, 15) is 8.78 Å². The van der Waals surface area contributed by atoms with E-state index in [1.165, 1.54) is 12.1 Å². The predicted octanol–water partition coefficient (Wildman–Crippen LogP) is 4.36. The molecule has 106 valence electrons. The van der Waals surface area contributed by atoms with Gasteiger partial charge in [-0.15, -0.1) is 0 Å². The second-order valence-corrected chi connectivity index (χ2v) is 7.64. The predicted molar refractivity (Wildman–Crippen MR) is 73.6 cm³/mol. The third-order valence-electron chi connectivity index (χ3n) is 4.04. The van der Waals surface area contributed by atoms with Crippen LogP contribution in [0.3, 0.4) is 0 Å². The lowest BCUT2D eigenvalue weighted by molar-refractivity contribution is 0.0468. The fourth-order valence-corrected chi connectivity index (χ4v) is 4.20. The summed E-state index contributed by atoms with van der Waals surface area (Å²) in [4.78, 5) is 0. The molecule has 1 saturated carbocycles. The van der Waals surface area contributed by atoms with Crippen LogP contribution in [0.4, 0.5) is 8.78 Å². The summed E-state index contributed by atoms with van der Waals surface area (Å²) in [6.45, 7) is 8.76. The Morgan fingerprint density at radius 1 is 0.895 bits per heavy atom. The molecule has 0 saturated heterocycles. The Labute approximate surface area is 114 Å². The first-order chi connectivity index (χ1) is 8.53. The topological polar surface area (TPSA) is 26.0 Å². The van der Waals surface area contributed by atoms with E-state index in [1.807, 2.05) is 0 Å². The zero-order valence-corrected chi connectivity index (χ0v) is 12.2. The molecule has 0 heterocycles. The van der Waals surface area contributed by atoms with Crippen LogP contribution in [-0.4, -0.2) is 0 Å². The Balaban J connectivity index is 2.43. The third kappa shape index (κ3) is 2.97. The zero-order valence-electron chi connectivity index (χ0n) is 12.2. The number of rotatable bonds is 1. The number of hydrogen-bond acceptors (Lipinski definition) is 1. The highest BCUT2D eigenvalue weighted by atomic mass is 19.2. The maximum atomic E-state index is 13.5. The lowest BCUT2D eigenvalue weighted by Crippen LogP contribution is -2.49. The van der Waals surface area contributed by atoms with Gasteiger partial charge in [0.25, 0.3) is 0 Å². The van der Waals surface area contributed by atoms with Crippen molar-refractivity contribution in [3.05, 3.63) is 35.4 Å². The fraction of sp³-hybridized carbons (Fsp3) is 0.625. The number of benzene rings is 1. The van der Waals surface area contributed by atoms with Gasteiger partial charge in [-0.1, -0.05) is 33.8 Å². The summed E-state index contributed by atoms with van der Waals surface area (Å²) in [6, 6.07) is 4.05. The molecular formula is C16H23F2N. The molecule has 0 bridgehead atoms. The van der Waals surface area contributed by atoms with Gasteiger partial charge in [-0.2, -0.15) is 0 Å². The summed E-state index contributed by atoms with van der Waals surface area (Å²) in [5, 5.41) is 0. The average Bonchev–Trinajstić information content (AvgIpc) is 2.16. The normalized spacial score (nSPS) is 24.2. The van der Waals surface area contributed by atoms with Gasteiger partial charge in [0.05, 0.1) is 0 Å². The van der Waals surface area contributed by atoms with E-state index in [-0.39, 0.29) is 10.8 Å². The van der Waals surface area contributed by atoms with Crippen LogP contribution in [0.2, 0.25) is 0 Å². The molecule has 1 fully saturated rings. The van der Waals surface area contributed by atoms with Crippen LogP contribution < -0.4 is 5.73 Å². The molecule has 1 aliphatic carbocycles. The van der Waals surface area contributed by atoms with Crippen LogP contribution in [-0.2, 0) is 5.54 Å². The number of nitrogens with two attached hydrogens (primary N) is 1. The molecule has 2 rings (SSSR count). The van der Waals surface area contributed by atoms with Gasteiger partial charge in [-0.05, 0) is 47.8 Å². The van der Waals surface area contributed by atoms with Gasteiger partial charge in [0.1, 0.15) is 0 Å². The fourth-order valence-electron chi connectivity index (χ4n) is 4.20. The molecule has 1 aromatic rings. The van der Waals surface area contributed by atoms with Crippen molar-refractivity contribution >= 4 is 0 Å². The molecule has 1 aliphatic rings. The Kier molecular flexibility index (Phi) is 3.25. The van der Waals surface area contributed by atoms with E-state index in [0.29, 0.717) is 5.56 Å². The van der Waals surface area contributed by atoms with Crippen LogP contribution in [0, 0.1) is 22.5 Å². The summed E-state index contributed by atoms with van der Waals surface area (Å²) in [5.41, 5.74) is 6.88. The summed E-state index contributed by atoms with van der Waals surface area (Å²) in [6.07, 6.45) is 2.66. The Morgan fingerprint density at radius 3 is 1.89 bits per heavy atom. The lowest BCUT2D eigenvalue weighted by Gasteiger charge is -2.50. The average molecular weight is 267 g/mol. The molecule has 3 heteroatoms. The standard InChI is InChI=1S/C16H23F2N/c1-14(2)8-15(3,4)10-16(19,9-14)11-5-6-12(17)13(18)7-11/h5-7H,8-10,19H2,1-4H3. The highest BCUT2D eigenvalue weighted by Gasteiger charge is 2.46. The molecule has 0 radical (unpaired) electrons. The first kappa shape index (κ1) is 14.4. The minimum absolute atomic E-state index is 0.0986. The minimum Gasteiger partial charge on any atom is -0.321 e. The highest BCUT2D eigenvalue weighted by molar-refractivity contribution is 5.27. The van der Waals surface area contributed by atoms with Crippen molar-refractivity contribution in [2.45, 2.75) is 52.5 Å². The number of hydrogen-bond donors (Lipinski definition) is 1. The van der Waals surface area contributed by atoms with E-state index < -0.39 is 17.2 Å². The first-order valence-electron chi connectivity index (χ1n) is 6.78. The van der Waals surface area contributed by atoms with Gasteiger partial charge in [-0.25, -0.2) is 8.78 Å². The van der Waals surface area contributed by atoms with Crippen molar-refractivity contribution in [2.75, 3.05) is 0 Å². The van der Waals surface area contributed by atoms with Gasteiger partial charge in [0.2, 0.25) is 0 Å². The third-order valence-corrected chi connectivity index (χ3v) is 4.04. The van der Waals surface area contributed by atoms with Crippen LogP contribution in [0.5, 0.6) is 0 Å². The largest absolute Gasteiger partial charge is 0.321 e. The molecular weight excluding hydrogens is 244 g/mol. The van der Waals surface area contributed by atoms with Crippen molar-refractivity contribution in [3.63, 3.8) is 0 Å². The van der Waals surface area contributed by atoms with Crippen LogP contribution in [0.1, 0.15) is 52.5 Å². The van der Waals surface area contributed by atoms with Gasteiger partial charge in [0, 0.05) is 5.54 Å². The van der Waals surface area contributed by atoms with Gasteiger partial charge in [-0.3, -0.25) is 0 Å². The molecule has 2 N–H and O–H groups in total. The smallest absolute Gasteiger partial charge is 0.159 e.